The fraction of sp³-hybridized carbons (Fsp3) is 0.444. The van der Waals surface area contributed by atoms with E-state index in [0.29, 0.717) is 6.61 Å². The maximum Gasteiger partial charge on any atom is 0.191 e. The van der Waals surface area contributed by atoms with E-state index in [0.717, 1.165) is 54.4 Å². The first-order valence-electron chi connectivity index (χ1n) is 8.55. The molecule has 25 heavy (non-hydrogen) atoms. The largest absolute Gasteiger partial charge is 0.492 e. The number of rotatable bonds is 6. The van der Waals surface area contributed by atoms with E-state index in [1.165, 1.54) is 0 Å². The highest BCUT2D eigenvalue weighted by atomic mass is 32.2. The van der Waals surface area contributed by atoms with E-state index in [1.807, 2.05) is 43.5 Å². The predicted molar refractivity (Wildman–Crippen MR) is 104 cm³/mol. The smallest absolute Gasteiger partial charge is 0.191 e. The fourth-order valence-electron chi connectivity index (χ4n) is 2.75. The molecule has 1 saturated heterocycles. The van der Waals surface area contributed by atoms with Crippen molar-refractivity contribution in [2.24, 2.45) is 0 Å². The van der Waals surface area contributed by atoms with Crippen LogP contribution >= 0.6 is 11.8 Å². The van der Waals surface area contributed by atoms with Gasteiger partial charge in [-0.15, -0.1) is 0 Å². The summed E-state index contributed by atoms with van der Waals surface area (Å²) in [5, 5.41) is 4.16. The number of nitrogens with one attached hydrogen (secondary N) is 1. The molecule has 7 heteroatoms. The molecule has 0 aliphatic carbocycles. The summed E-state index contributed by atoms with van der Waals surface area (Å²) in [7, 11) is 2.16. The Morgan fingerprint density at radius 1 is 1.16 bits per heavy atom. The van der Waals surface area contributed by atoms with E-state index in [9.17, 15) is 0 Å². The molecule has 1 aromatic carbocycles. The van der Waals surface area contributed by atoms with Crippen molar-refractivity contribution in [2.75, 3.05) is 56.3 Å². The van der Waals surface area contributed by atoms with Crippen LogP contribution in [0.5, 0.6) is 5.75 Å². The van der Waals surface area contributed by atoms with Crippen LogP contribution in [0.4, 0.5) is 17.3 Å². The zero-order chi connectivity index (χ0) is 17.6. The Kier molecular flexibility index (Phi) is 5.99. The Bertz CT molecular complexity index is 704. The number of thioether (sulfide) groups is 1. The van der Waals surface area contributed by atoms with Crippen molar-refractivity contribution in [3.8, 4) is 5.75 Å². The van der Waals surface area contributed by atoms with Gasteiger partial charge in [-0.25, -0.2) is 9.97 Å². The molecule has 134 valence electrons. The average molecular weight is 359 g/mol. The van der Waals surface area contributed by atoms with E-state index in [4.69, 9.17) is 4.74 Å². The van der Waals surface area contributed by atoms with E-state index >= 15 is 0 Å². The number of anilines is 3. The van der Waals surface area contributed by atoms with Gasteiger partial charge in [-0.1, -0.05) is 23.9 Å². The number of hydrogen-bond donors (Lipinski definition) is 1. The summed E-state index contributed by atoms with van der Waals surface area (Å²) >= 11 is 1.56. The minimum absolute atomic E-state index is 0.630. The quantitative estimate of drug-likeness (QED) is 0.628. The van der Waals surface area contributed by atoms with Crippen LogP contribution in [0.1, 0.15) is 6.92 Å². The summed E-state index contributed by atoms with van der Waals surface area (Å²) in [6, 6.07) is 9.95. The maximum absolute atomic E-state index is 5.70. The van der Waals surface area contributed by atoms with Gasteiger partial charge in [0.25, 0.3) is 0 Å². The summed E-state index contributed by atoms with van der Waals surface area (Å²) in [5.41, 5.74) is 0.916. The first-order valence-corrected chi connectivity index (χ1v) is 9.77. The number of benzene rings is 1. The molecule has 0 unspecified atom stereocenters. The van der Waals surface area contributed by atoms with E-state index in [1.54, 1.807) is 11.8 Å². The minimum Gasteiger partial charge on any atom is -0.492 e. The molecule has 2 heterocycles. The van der Waals surface area contributed by atoms with Gasteiger partial charge < -0.3 is 19.9 Å². The van der Waals surface area contributed by atoms with Crippen LogP contribution < -0.4 is 15.0 Å². The van der Waals surface area contributed by atoms with Crippen molar-refractivity contribution in [3.63, 3.8) is 0 Å². The molecule has 6 nitrogen and oxygen atoms in total. The second-order valence-electron chi connectivity index (χ2n) is 5.94. The van der Waals surface area contributed by atoms with Crippen LogP contribution in [0, 0.1) is 0 Å². The molecule has 2 aromatic rings. The fourth-order valence-corrected chi connectivity index (χ4v) is 3.13. The van der Waals surface area contributed by atoms with Crippen LogP contribution in [0.15, 0.2) is 35.5 Å². The lowest BCUT2D eigenvalue weighted by Crippen LogP contribution is -2.44. The van der Waals surface area contributed by atoms with Gasteiger partial charge in [0, 0.05) is 32.2 Å². The molecule has 0 bridgehead atoms. The number of hydrogen-bond acceptors (Lipinski definition) is 7. The highest BCUT2D eigenvalue weighted by Gasteiger charge is 2.17. The Labute approximate surface area is 153 Å². The molecule has 3 rings (SSSR count). The highest BCUT2D eigenvalue weighted by molar-refractivity contribution is 7.98. The third-order valence-corrected chi connectivity index (χ3v) is 4.70. The number of piperazine rings is 1. The van der Waals surface area contributed by atoms with Crippen LogP contribution in [-0.4, -0.2) is 61.0 Å². The lowest BCUT2D eigenvalue weighted by Gasteiger charge is -2.33. The van der Waals surface area contributed by atoms with Gasteiger partial charge in [0.15, 0.2) is 5.16 Å². The normalized spacial score (nSPS) is 15.2. The number of aromatic nitrogens is 2. The lowest BCUT2D eigenvalue weighted by molar-refractivity contribution is 0.312. The van der Waals surface area contributed by atoms with Crippen LogP contribution in [0.25, 0.3) is 0 Å². The Morgan fingerprint density at radius 2 is 1.92 bits per heavy atom. The Hall–Kier alpha value is -1.99. The molecule has 1 aliphatic rings. The zero-order valence-electron chi connectivity index (χ0n) is 15.0. The predicted octanol–water partition coefficient (Wildman–Crippen LogP) is 3.09. The minimum atomic E-state index is 0.630. The monoisotopic (exact) mass is 359 g/mol. The van der Waals surface area contributed by atoms with Crippen molar-refractivity contribution in [2.45, 2.75) is 12.1 Å². The molecule has 1 aromatic heterocycles. The van der Waals surface area contributed by atoms with Crippen molar-refractivity contribution in [1.82, 2.24) is 14.9 Å². The molecule has 0 saturated carbocycles. The third-order valence-electron chi connectivity index (χ3n) is 4.15. The molecule has 1 N–H and O–H groups in total. The summed E-state index contributed by atoms with van der Waals surface area (Å²) in [6.45, 7) is 6.68. The van der Waals surface area contributed by atoms with Crippen molar-refractivity contribution in [1.29, 1.82) is 0 Å². The second-order valence-corrected chi connectivity index (χ2v) is 6.72. The summed E-state index contributed by atoms with van der Waals surface area (Å²) in [4.78, 5) is 14.0. The van der Waals surface area contributed by atoms with Crippen LogP contribution in [0.3, 0.4) is 0 Å². The molecular formula is C18H25N5OS. The SMILES string of the molecule is CCOc1ccccc1Nc1cc(N2CCN(C)CC2)nc(SC)n1. The number of ether oxygens (including phenoxy) is 1. The van der Waals surface area contributed by atoms with Crippen LogP contribution in [0.2, 0.25) is 0 Å². The van der Waals surface area contributed by atoms with Gasteiger partial charge in [-0.05, 0) is 32.4 Å². The molecular weight excluding hydrogens is 334 g/mol. The molecule has 0 amide bonds. The van der Waals surface area contributed by atoms with Gasteiger partial charge in [-0.3, -0.25) is 0 Å². The number of nitrogens with zero attached hydrogens (tertiary/aromatic N) is 4. The topological polar surface area (TPSA) is 53.5 Å². The van der Waals surface area contributed by atoms with E-state index < -0.39 is 0 Å². The van der Waals surface area contributed by atoms with Crippen molar-refractivity contribution >= 4 is 29.1 Å². The number of likely N-dealkylation sites (N-methyl/N-ethyl adjacent to an activating group) is 1. The summed E-state index contributed by atoms with van der Waals surface area (Å²) in [5.74, 6) is 2.60. The molecule has 0 atom stereocenters. The van der Waals surface area contributed by atoms with Gasteiger partial charge >= 0.3 is 0 Å². The average Bonchev–Trinajstić information content (AvgIpc) is 2.64. The standard InChI is InChI=1S/C18H25N5OS/c1-4-24-15-8-6-5-7-14(15)19-16-13-17(21-18(20-16)25-3)23-11-9-22(2)10-12-23/h5-8,13H,4,9-12H2,1-3H3,(H,19,20,21). The summed E-state index contributed by atoms with van der Waals surface area (Å²) < 4.78 is 5.70. The van der Waals surface area contributed by atoms with Crippen molar-refractivity contribution in [3.05, 3.63) is 30.3 Å². The van der Waals surface area contributed by atoms with Gasteiger partial charge in [0.2, 0.25) is 0 Å². The van der Waals surface area contributed by atoms with Gasteiger partial charge in [-0.2, -0.15) is 0 Å². The van der Waals surface area contributed by atoms with E-state index in [-0.39, 0.29) is 0 Å². The van der Waals surface area contributed by atoms with E-state index in [2.05, 4.69) is 32.1 Å². The first kappa shape index (κ1) is 17.8. The Balaban J connectivity index is 1.85. The summed E-state index contributed by atoms with van der Waals surface area (Å²) in [6.07, 6.45) is 2.00. The second kappa shape index (κ2) is 8.40. The van der Waals surface area contributed by atoms with Crippen molar-refractivity contribution < 1.29 is 4.74 Å². The first-order chi connectivity index (χ1) is 12.2. The van der Waals surface area contributed by atoms with Gasteiger partial charge in [0.05, 0.1) is 12.3 Å². The lowest BCUT2D eigenvalue weighted by atomic mass is 10.3. The van der Waals surface area contributed by atoms with Gasteiger partial charge in [0.1, 0.15) is 17.4 Å². The molecule has 0 radical (unpaired) electrons. The maximum atomic E-state index is 5.70. The third kappa shape index (κ3) is 4.55. The number of para-hydroxylation sites is 2. The Morgan fingerprint density at radius 3 is 2.64 bits per heavy atom. The molecule has 1 fully saturated rings. The van der Waals surface area contributed by atoms with Crippen LogP contribution in [-0.2, 0) is 0 Å². The highest BCUT2D eigenvalue weighted by Crippen LogP contribution is 2.29. The molecule has 0 spiro atoms. The molecule has 1 aliphatic heterocycles. The zero-order valence-corrected chi connectivity index (χ0v) is 15.8.